The molecule has 0 bridgehead atoms. The van der Waals surface area contributed by atoms with E-state index in [0.717, 1.165) is 24.2 Å². The van der Waals surface area contributed by atoms with Crippen LogP contribution in [0.1, 0.15) is 19.3 Å². The molecular weight excluding hydrogens is 261 g/mol. The summed E-state index contributed by atoms with van der Waals surface area (Å²) < 4.78 is 0. The zero-order chi connectivity index (χ0) is 11.5. The van der Waals surface area contributed by atoms with Crippen LogP contribution in [0.25, 0.3) is 0 Å². The lowest BCUT2D eigenvalue weighted by Crippen LogP contribution is -2.06. The molecule has 2 rings (SSSR count). The average molecular weight is 272 g/mol. The zero-order valence-corrected chi connectivity index (χ0v) is 10.9. The van der Waals surface area contributed by atoms with Crippen LogP contribution in [0.2, 0.25) is 10.0 Å². The molecule has 0 aliphatic heterocycles. The molecule has 1 fully saturated rings. The van der Waals surface area contributed by atoms with Gasteiger partial charge < -0.3 is 0 Å². The van der Waals surface area contributed by atoms with E-state index >= 15 is 0 Å². The van der Waals surface area contributed by atoms with Gasteiger partial charge in [0.1, 0.15) is 0 Å². The second kappa shape index (κ2) is 5.31. The van der Waals surface area contributed by atoms with Crippen LogP contribution in [0.15, 0.2) is 23.1 Å². The van der Waals surface area contributed by atoms with Crippen LogP contribution in [0, 0.1) is 17.2 Å². The molecule has 1 aromatic rings. The lowest BCUT2D eigenvalue weighted by Gasteiger charge is -2.12. The number of thioether (sulfide) groups is 1. The molecule has 1 saturated carbocycles. The van der Waals surface area contributed by atoms with Gasteiger partial charge in [-0.25, -0.2) is 0 Å². The molecule has 16 heavy (non-hydrogen) atoms. The fourth-order valence-corrected chi connectivity index (χ4v) is 3.63. The third kappa shape index (κ3) is 2.66. The van der Waals surface area contributed by atoms with Gasteiger partial charge in [-0.2, -0.15) is 5.26 Å². The van der Waals surface area contributed by atoms with Gasteiger partial charge in [0.15, 0.2) is 0 Å². The number of halogens is 2. The molecule has 0 amide bonds. The average Bonchev–Trinajstić information content (AvgIpc) is 2.71. The van der Waals surface area contributed by atoms with E-state index in [1.165, 1.54) is 0 Å². The maximum absolute atomic E-state index is 9.00. The molecule has 1 aliphatic rings. The summed E-state index contributed by atoms with van der Waals surface area (Å²) in [6.07, 6.45) is 3.29. The number of nitrogens with zero attached hydrogens (tertiary/aromatic N) is 1. The Labute approximate surface area is 110 Å². The highest BCUT2D eigenvalue weighted by molar-refractivity contribution is 8.00. The Balaban J connectivity index is 2.09. The van der Waals surface area contributed by atoms with E-state index in [4.69, 9.17) is 28.5 Å². The Morgan fingerprint density at radius 1 is 1.25 bits per heavy atom. The van der Waals surface area contributed by atoms with Gasteiger partial charge in [-0.15, -0.1) is 11.8 Å². The van der Waals surface area contributed by atoms with Crippen molar-refractivity contribution in [3.63, 3.8) is 0 Å². The lowest BCUT2D eigenvalue weighted by atomic mass is 10.1. The van der Waals surface area contributed by atoms with Crippen LogP contribution in [0.5, 0.6) is 0 Å². The van der Waals surface area contributed by atoms with Gasteiger partial charge in [-0.1, -0.05) is 29.6 Å². The van der Waals surface area contributed by atoms with Crippen molar-refractivity contribution in [2.45, 2.75) is 29.4 Å². The highest BCUT2D eigenvalue weighted by Crippen LogP contribution is 2.39. The molecule has 1 nitrogen and oxygen atoms in total. The van der Waals surface area contributed by atoms with Gasteiger partial charge in [0, 0.05) is 10.1 Å². The topological polar surface area (TPSA) is 23.8 Å². The van der Waals surface area contributed by atoms with Crippen molar-refractivity contribution in [2.24, 2.45) is 5.92 Å². The summed E-state index contributed by atoms with van der Waals surface area (Å²) in [7, 11) is 0. The van der Waals surface area contributed by atoms with Crippen LogP contribution in [-0.2, 0) is 0 Å². The minimum Gasteiger partial charge on any atom is -0.198 e. The molecule has 1 aliphatic carbocycles. The Morgan fingerprint density at radius 3 is 2.75 bits per heavy atom. The minimum absolute atomic E-state index is 0.180. The first-order chi connectivity index (χ1) is 7.70. The van der Waals surface area contributed by atoms with Gasteiger partial charge in [0.05, 0.1) is 22.0 Å². The summed E-state index contributed by atoms with van der Waals surface area (Å²) in [5.41, 5.74) is 0. The van der Waals surface area contributed by atoms with Gasteiger partial charge in [-0.3, -0.25) is 0 Å². The molecule has 84 valence electrons. The van der Waals surface area contributed by atoms with Crippen molar-refractivity contribution in [1.29, 1.82) is 5.26 Å². The van der Waals surface area contributed by atoms with Gasteiger partial charge in [0.2, 0.25) is 0 Å². The fourth-order valence-electron chi connectivity index (χ4n) is 1.94. The molecule has 0 aromatic heterocycles. The van der Waals surface area contributed by atoms with E-state index in [2.05, 4.69) is 6.07 Å². The molecule has 2 atom stereocenters. The number of hydrogen-bond donors (Lipinski definition) is 0. The van der Waals surface area contributed by atoms with E-state index in [1.54, 1.807) is 11.8 Å². The molecule has 1 aromatic carbocycles. The quantitative estimate of drug-likeness (QED) is 0.773. The van der Waals surface area contributed by atoms with Crippen molar-refractivity contribution < 1.29 is 0 Å². The first kappa shape index (κ1) is 12.1. The first-order valence-corrected chi connectivity index (χ1v) is 6.85. The number of nitriles is 1. The summed E-state index contributed by atoms with van der Waals surface area (Å²) in [5, 5.41) is 10.6. The third-order valence-corrected chi connectivity index (χ3v) is 4.93. The molecule has 0 radical (unpaired) electrons. The molecule has 0 saturated heterocycles. The normalized spacial score (nSPS) is 24.3. The first-order valence-electron chi connectivity index (χ1n) is 5.22. The summed E-state index contributed by atoms with van der Waals surface area (Å²) in [6, 6.07) is 8.03. The van der Waals surface area contributed by atoms with Gasteiger partial charge in [0.25, 0.3) is 0 Å². The molecule has 0 N–H and O–H groups in total. The highest BCUT2D eigenvalue weighted by Gasteiger charge is 2.27. The number of hydrogen-bond acceptors (Lipinski definition) is 2. The van der Waals surface area contributed by atoms with Crippen LogP contribution in [0.3, 0.4) is 0 Å². The van der Waals surface area contributed by atoms with E-state index in [0.29, 0.717) is 15.3 Å². The summed E-state index contributed by atoms with van der Waals surface area (Å²) in [4.78, 5) is 1.10. The summed E-state index contributed by atoms with van der Waals surface area (Å²) in [5.74, 6) is 0.180. The molecule has 2 unspecified atom stereocenters. The van der Waals surface area contributed by atoms with Crippen LogP contribution >= 0.6 is 35.0 Å². The maximum atomic E-state index is 9.00. The number of benzene rings is 1. The lowest BCUT2D eigenvalue weighted by molar-refractivity contribution is 0.714. The summed E-state index contributed by atoms with van der Waals surface area (Å²) >= 11 is 13.6. The van der Waals surface area contributed by atoms with E-state index < -0.39 is 0 Å². The Kier molecular flexibility index (Phi) is 4.02. The second-order valence-corrected chi connectivity index (χ2v) is 6.03. The Morgan fingerprint density at radius 2 is 2.06 bits per heavy atom. The van der Waals surface area contributed by atoms with Crippen molar-refractivity contribution in [3.05, 3.63) is 28.2 Å². The zero-order valence-electron chi connectivity index (χ0n) is 8.62. The van der Waals surface area contributed by atoms with E-state index in [1.807, 2.05) is 18.2 Å². The van der Waals surface area contributed by atoms with Crippen LogP contribution < -0.4 is 0 Å². The molecule has 0 spiro atoms. The van der Waals surface area contributed by atoms with Crippen molar-refractivity contribution >= 4 is 35.0 Å². The van der Waals surface area contributed by atoms with E-state index in [9.17, 15) is 0 Å². The predicted octanol–water partition coefficient (Wildman–Crippen LogP) is 4.78. The fraction of sp³-hybridized carbons (Fsp3) is 0.417. The van der Waals surface area contributed by atoms with Gasteiger partial charge in [-0.05, 0) is 31.0 Å². The van der Waals surface area contributed by atoms with Gasteiger partial charge >= 0.3 is 0 Å². The molecule has 0 heterocycles. The minimum atomic E-state index is 0.180. The Hall–Kier alpha value is -0.360. The Bertz CT molecular complexity index is 428. The SMILES string of the molecule is N#CC1CCCC1Sc1ccc(Cl)c(Cl)c1. The highest BCUT2D eigenvalue weighted by atomic mass is 35.5. The molecular formula is C12H11Cl2NS. The maximum Gasteiger partial charge on any atom is 0.0667 e. The monoisotopic (exact) mass is 271 g/mol. The van der Waals surface area contributed by atoms with Crippen molar-refractivity contribution in [1.82, 2.24) is 0 Å². The number of rotatable bonds is 2. The predicted molar refractivity (Wildman–Crippen MR) is 69.1 cm³/mol. The largest absolute Gasteiger partial charge is 0.198 e. The van der Waals surface area contributed by atoms with Crippen molar-refractivity contribution in [2.75, 3.05) is 0 Å². The third-order valence-electron chi connectivity index (χ3n) is 2.80. The van der Waals surface area contributed by atoms with Crippen LogP contribution in [0.4, 0.5) is 0 Å². The van der Waals surface area contributed by atoms with Crippen molar-refractivity contribution in [3.8, 4) is 6.07 Å². The summed E-state index contributed by atoms with van der Waals surface area (Å²) in [6.45, 7) is 0. The molecule has 4 heteroatoms. The standard InChI is InChI=1S/C12H11Cl2NS/c13-10-5-4-9(6-11(10)14)16-12-3-1-2-8(12)7-15/h4-6,8,12H,1-3H2. The van der Waals surface area contributed by atoms with Crippen LogP contribution in [-0.4, -0.2) is 5.25 Å². The smallest absolute Gasteiger partial charge is 0.0667 e. The second-order valence-electron chi connectivity index (χ2n) is 3.90. The van der Waals surface area contributed by atoms with E-state index in [-0.39, 0.29) is 5.92 Å².